The van der Waals surface area contributed by atoms with Gasteiger partial charge in [-0.05, 0) is 45.0 Å². The van der Waals surface area contributed by atoms with Crippen molar-refractivity contribution in [2.24, 2.45) is 4.99 Å². The highest BCUT2D eigenvalue weighted by atomic mass is 35.5. The van der Waals surface area contributed by atoms with E-state index in [0.717, 1.165) is 23.7 Å². The van der Waals surface area contributed by atoms with Crippen molar-refractivity contribution in [2.75, 3.05) is 11.1 Å². The molecule has 0 saturated carbocycles. The number of nitrogens with zero attached hydrogens (tertiary/aromatic N) is 1. The van der Waals surface area contributed by atoms with Crippen LogP contribution in [0.15, 0.2) is 64.5 Å². The van der Waals surface area contributed by atoms with Gasteiger partial charge in [-0.2, -0.15) is 0 Å². The summed E-state index contributed by atoms with van der Waals surface area (Å²) in [7, 11) is 0. The average Bonchev–Trinajstić information content (AvgIpc) is 2.49. The van der Waals surface area contributed by atoms with Gasteiger partial charge in [-0.25, -0.2) is 0 Å². The molecule has 0 heterocycles. The first-order valence-electron chi connectivity index (χ1n) is 7.72. The van der Waals surface area contributed by atoms with E-state index in [1.54, 1.807) is 0 Å². The fourth-order valence-corrected chi connectivity index (χ4v) is 3.12. The standard InChI is InChI=1S/C19H23ClN2S/c1-19(2,3)22-18(21-17-12-8-7-11-16(17)20)13-14-23-15-9-5-4-6-10-15/h4-12H,13-14H2,1-3H3,(H,21,22). The maximum absolute atomic E-state index is 6.25. The first-order valence-corrected chi connectivity index (χ1v) is 9.08. The molecule has 0 saturated heterocycles. The molecule has 0 aromatic heterocycles. The van der Waals surface area contributed by atoms with E-state index in [4.69, 9.17) is 16.6 Å². The van der Waals surface area contributed by atoms with Crippen LogP contribution >= 0.6 is 23.4 Å². The zero-order valence-electron chi connectivity index (χ0n) is 13.8. The largest absolute Gasteiger partial charge is 0.343 e. The van der Waals surface area contributed by atoms with Crippen LogP contribution in [0.3, 0.4) is 0 Å². The smallest absolute Gasteiger partial charge is 0.102 e. The molecule has 0 aliphatic rings. The molecule has 0 atom stereocenters. The van der Waals surface area contributed by atoms with Crippen LogP contribution in [0.1, 0.15) is 27.2 Å². The predicted octanol–water partition coefficient (Wildman–Crippen LogP) is 6.13. The molecule has 0 aliphatic heterocycles. The summed E-state index contributed by atoms with van der Waals surface area (Å²) in [5.41, 5.74) is 0.781. The van der Waals surface area contributed by atoms with Gasteiger partial charge in [-0.1, -0.05) is 41.9 Å². The van der Waals surface area contributed by atoms with Crippen LogP contribution in [-0.4, -0.2) is 17.1 Å². The highest BCUT2D eigenvalue weighted by Crippen LogP contribution is 2.23. The summed E-state index contributed by atoms with van der Waals surface area (Å²) in [6.07, 6.45) is 0.863. The molecule has 23 heavy (non-hydrogen) atoms. The Bertz CT molecular complexity index is 648. The third-order valence-corrected chi connectivity index (χ3v) is 4.32. The number of rotatable bonds is 5. The van der Waals surface area contributed by atoms with Crippen molar-refractivity contribution in [2.45, 2.75) is 37.6 Å². The minimum atomic E-state index is -0.124. The van der Waals surface area contributed by atoms with Crippen LogP contribution < -0.4 is 5.32 Å². The number of benzene rings is 2. The number of hydrogen-bond acceptors (Lipinski definition) is 2. The molecule has 0 aliphatic carbocycles. The van der Waals surface area contributed by atoms with Gasteiger partial charge in [0.2, 0.25) is 0 Å². The lowest BCUT2D eigenvalue weighted by molar-refractivity contribution is 0.582. The quantitative estimate of drug-likeness (QED) is 0.400. The lowest BCUT2D eigenvalue weighted by Crippen LogP contribution is -2.21. The Morgan fingerprint density at radius 1 is 1.04 bits per heavy atom. The van der Waals surface area contributed by atoms with E-state index in [1.807, 2.05) is 42.1 Å². The zero-order valence-corrected chi connectivity index (χ0v) is 15.4. The molecule has 0 radical (unpaired) electrons. The van der Waals surface area contributed by atoms with E-state index >= 15 is 0 Å². The minimum Gasteiger partial charge on any atom is -0.343 e. The summed E-state index contributed by atoms with van der Waals surface area (Å²) in [6, 6.07) is 18.2. The number of anilines is 1. The fourth-order valence-electron chi connectivity index (χ4n) is 2.05. The summed E-state index contributed by atoms with van der Waals surface area (Å²) in [6.45, 7) is 6.31. The number of thioether (sulfide) groups is 1. The monoisotopic (exact) mass is 346 g/mol. The highest BCUT2D eigenvalue weighted by Gasteiger charge is 2.11. The van der Waals surface area contributed by atoms with Crippen LogP contribution in [-0.2, 0) is 0 Å². The van der Waals surface area contributed by atoms with Gasteiger partial charge in [-0.3, -0.25) is 4.99 Å². The van der Waals surface area contributed by atoms with Crippen molar-refractivity contribution < 1.29 is 0 Å². The molecule has 0 fully saturated rings. The molecule has 1 N–H and O–H groups in total. The normalized spacial score (nSPS) is 12.3. The highest BCUT2D eigenvalue weighted by molar-refractivity contribution is 7.99. The minimum absolute atomic E-state index is 0.124. The van der Waals surface area contributed by atoms with E-state index in [0.29, 0.717) is 5.02 Å². The number of para-hydroxylation sites is 1. The van der Waals surface area contributed by atoms with Gasteiger partial charge in [0.15, 0.2) is 0 Å². The molecule has 2 aromatic rings. The summed E-state index contributed by atoms with van der Waals surface area (Å²) >= 11 is 8.08. The van der Waals surface area contributed by atoms with Crippen molar-refractivity contribution in [3.05, 3.63) is 59.6 Å². The molecule has 2 nitrogen and oxygen atoms in total. The molecule has 2 rings (SSSR count). The van der Waals surface area contributed by atoms with Crippen LogP contribution in [0.5, 0.6) is 0 Å². The van der Waals surface area contributed by atoms with E-state index in [1.165, 1.54) is 4.90 Å². The van der Waals surface area contributed by atoms with E-state index in [-0.39, 0.29) is 5.54 Å². The number of amidine groups is 1. The SMILES string of the molecule is CC(C)(C)N=C(CCSc1ccccc1)Nc1ccccc1Cl. The number of aliphatic imine (C=N–C) groups is 1. The second-order valence-electron chi connectivity index (χ2n) is 6.25. The van der Waals surface area contributed by atoms with Gasteiger partial charge < -0.3 is 5.32 Å². The van der Waals surface area contributed by atoms with Crippen LogP contribution in [0.2, 0.25) is 5.02 Å². The van der Waals surface area contributed by atoms with Crippen LogP contribution in [0.25, 0.3) is 0 Å². The summed E-state index contributed by atoms with van der Waals surface area (Å²) < 4.78 is 0. The lowest BCUT2D eigenvalue weighted by atomic mass is 10.1. The summed E-state index contributed by atoms with van der Waals surface area (Å²) in [5.74, 6) is 1.94. The van der Waals surface area contributed by atoms with E-state index < -0.39 is 0 Å². The average molecular weight is 347 g/mol. The Morgan fingerprint density at radius 3 is 2.35 bits per heavy atom. The molecular weight excluding hydrogens is 324 g/mol. The van der Waals surface area contributed by atoms with E-state index in [9.17, 15) is 0 Å². The second-order valence-corrected chi connectivity index (χ2v) is 7.82. The Morgan fingerprint density at radius 2 is 1.70 bits per heavy atom. The molecule has 0 spiro atoms. The van der Waals surface area contributed by atoms with Crippen molar-refractivity contribution >= 4 is 34.9 Å². The number of nitrogens with one attached hydrogen (secondary N) is 1. The maximum atomic E-state index is 6.25. The first kappa shape index (κ1) is 17.9. The van der Waals surface area contributed by atoms with Crippen molar-refractivity contribution in [3.63, 3.8) is 0 Å². The maximum Gasteiger partial charge on any atom is 0.102 e. The topological polar surface area (TPSA) is 24.4 Å². The fraction of sp³-hybridized carbons (Fsp3) is 0.316. The molecule has 122 valence electrons. The van der Waals surface area contributed by atoms with Gasteiger partial charge in [-0.15, -0.1) is 11.8 Å². The summed E-state index contributed by atoms with van der Waals surface area (Å²) in [4.78, 5) is 6.09. The Kier molecular flexibility index (Phi) is 6.55. The van der Waals surface area contributed by atoms with Gasteiger partial charge in [0.25, 0.3) is 0 Å². The van der Waals surface area contributed by atoms with E-state index in [2.05, 4.69) is 50.4 Å². The van der Waals surface area contributed by atoms with Crippen molar-refractivity contribution in [1.82, 2.24) is 0 Å². The lowest BCUT2D eigenvalue weighted by Gasteiger charge is -2.18. The van der Waals surface area contributed by atoms with Gasteiger partial charge in [0.1, 0.15) is 5.84 Å². The van der Waals surface area contributed by atoms with Gasteiger partial charge >= 0.3 is 0 Å². The third kappa shape index (κ3) is 6.67. The zero-order chi connectivity index (χ0) is 16.7. The third-order valence-electron chi connectivity index (χ3n) is 2.97. The van der Waals surface area contributed by atoms with Gasteiger partial charge in [0, 0.05) is 17.1 Å². The van der Waals surface area contributed by atoms with Gasteiger partial charge in [0.05, 0.1) is 16.2 Å². The molecule has 2 aromatic carbocycles. The summed E-state index contributed by atoms with van der Waals surface area (Å²) in [5, 5.41) is 4.11. The Balaban J connectivity index is 2.03. The molecular formula is C19H23ClN2S. The molecule has 0 amide bonds. The van der Waals surface area contributed by atoms with Crippen molar-refractivity contribution in [3.8, 4) is 0 Å². The second kappa shape index (κ2) is 8.42. The number of halogens is 1. The Hall–Kier alpha value is -1.45. The van der Waals surface area contributed by atoms with Crippen LogP contribution in [0, 0.1) is 0 Å². The predicted molar refractivity (Wildman–Crippen MR) is 104 cm³/mol. The number of hydrogen-bond donors (Lipinski definition) is 1. The Labute approximate surface area is 148 Å². The molecule has 0 unspecified atom stereocenters. The molecule has 0 bridgehead atoms. The first-order chi connectivity index (χ1) is 10.9. The molecule has 4 heteroatoms. The van der Waals surface area contributed by atoms with Crippen molar-refractivity contribution in [1.29, 1.82) is 0 Å². The van der Waals surface area contributed by atoms with Crippen LogP contribution in [0.4, 0.5) is 5.69 Å².